The number of hydrogen-bond acceptors (Lipinski definition) is 7. The fourth-order valence-corrected chi connectivity index (χ4v) is 2.14. The van der Waals surface area contributed by atoms with Gasteiger partial charge in [0.2, 0.25) is 6.29 Å². The van der Waals surface area contributed by atoms with Crippen LogP contribution >= 0.6 is 0 Å². The average molecular weight is 313 g/mol. The second kappa shape index (κ2) is 6.93. The molecule has 0 saturated carbocycles. The maximum atomic E-state index is 10.6. The number of rotatable bonds is 5. The molecule has 8 nitrogen and oxygen atoms in total. The number of carboxylic acid groups (broad SMARTS) is 1. The van der Waals surface area contributed by atoms with E-state index in [1.54, 1.807) is 31.2 Å². The molecule has 1 aromatic carbocycles. The summed E-state index contributed by atoms with van der Waals surface area (Å²) in [6.45, 7) is 0.938. The molecular formula is C14H19NO7. The maximum absolute atomic E-state index is 10.6. The summed E-state index contributed by atoms with van der Waals surface area (Å²) in [5.41, 5.74) is 6.13. The molecule has 1 aliphatic heterocycles. The summed E-state index contributed by atoms with van der Waals surface area (Å²) in [6.07, 6.45) is -5.43. The first-order valence-corrected chi connectivity index (χ1v) is 6.75. The molecule has 1 heterocycles. The van der Waals surface area contributed by atoms with Crippen molar-refractivity contribution < 1.29 is 34.3 Å². The van der Waals surface area contributed by atoms with Crippen LogP contribution in [0.1, 0.15) is 6.92 Å². The molecule has 0 amide bonds. The van der Waals surface area contributed by atoms with Gasteiger partial charge in [0.05, 0.1) is 6.10 Å². The smallest absolute Gasteiger partial charge is 0.329 e. The summed E-state index contributed by atoms with van der Waals surface area (Å²) in [4.78, 5) is 10.6. The van der Waals surface area contributed by atoms with Crippen LogP contribution in [0.25, 0.3) is 0 Å². The number of ether oxygens (including phenoxy) is 3. The van der Waals surface area contributed by atoms with Crippen molar-refractivity contribution in [1.82, 2.24) is 0 Å². The zero-order valence-electron chi connectivity index (χ0n) is 12.0. The van der Waals surface area contributed by atoms with Crippen LogP contribution in [-0.2, 0) is 14.3 Å². The quantitative estimate of drug-likeness (QED) is 0.539. The van der Waals surface area contributed by atoms with Crippen LogP contribution < -0.4 is 10.5 Å². The van der Waals surface area contributed by atoms with Crippen LogP contribution in [0.5, 0.6) is 5.75 Å². The third-order valence-electron chi connectivity index (χ3n) is 3.31. The van der Waals surface area contributed by atoms with Gasteiger partial charge in [-0.1, -0.05) is 0 Å². The molecule has 0 aromatic heterocycles. The number of carbonyl (C=O) groups is 1. The topological polar surface area (TPSA) is 131 Å². The first kappa shape index (κ1) is 16.5. The molecule has 5 N–H and O–H groups in total. The Balaban J connectivity index is 2.07. The van der Waals surface area contributed by atoms with Crippen LogP contribution in [0.4, 0.5) is 5.69 Å². The lowest BCUT2D eigenvalue weighted by atomic mass is 9.99. The first-order chi connectivity index (χ1) is 10.4. The highest BCUT2D eigenvalue weighted by Gasteiger charge is 2.45. The number of aliphatic carboxylic acids is 1. The minimum absolute atomic E-state index is 0.416. The lowest BCUT2D eigenvalue weighted by Gasteiger charge is -2.40. The Kier molecular flexibility index (Phi) is 5.19. The van der Waals surface area contributed by atoms with Gasteiger partial charge in [-0.2, -0.15) is 0 Å². The van der Waals surface area contributed by atoms with Crippen molar-refractivity contribution in [3.63, 3.8) is 0 Å². The van der Waals surface area contributed by atoms with Gasteiger partial charge in [-0.25, -0.2) is 4.79 Å². The lowest BCUT2D eigenvalue weighted by molar-refractivity contribution is -0.276. The number of hydrogen-bond donors (Lipinski definition) is 4. The fourth-order valence-electron chi connectivity index (χ4n) is 2.14. The van der Waals surface area contributed by atoms with Gasteiger partial charge in [-0.3, -0.25) is 0 Å². The molecule has 0 radical (unpaired) electrons. The van der Waals surface area contributed by atoms with Gasteiger partial charge in [-0.05, 0) is 31.2 Å². The van der Waals surface area contributed by atoms with E-state index in [9.17, 15) is 15.0 Å². The predicted octanol–water partition coefficient (Wildman–Crippen LogP) is -0.416. The molecule has 1 saturated heterocycles. The molecule has 1 aliphatic rings. The van der Waals surface area contributed by atoms with E-state index in [1.165, 1.54) is 0 Å². The lowest BCUT2D eigenvalue weighted by Crippen LogP contribution is -2.59. The Morgan fingerprint density at radius 2 is 1.91 bits per heavy atom. The number of nitrogens with two attached hydrogens (primary N) is 1. The van der Waals surface area contributed by atoms with Gasteiger partial charge < -0.3 is 35.3 Å². The van der Waals surface area contributed by atoms with Crippen LogP contribution in [0.15, 0.2) is 24.3 Å². The van der Waals surface area contributed by atoms with E-state index in [-0.39, 0.29) is 0 Å². The van der Waals surface area contributed by atoms with Gasteiger partial charge in [-0.15, -0.1) is 0 Å². The van der Waals surface area contributed by atoms with Gasteiger partial charge in [0.25, 0.3) is 0 Å². The maximum Gasteiger partial charge on any atom is 0.329 e. The molecule has 22 heavy (non-hydrogen) atoms. The Morgan fingerprint density at radius 3 is 2.50 bits per heavy atom. The predicted molar refractivity (Wildman–Crippen MR) is 75.2 cm³/mol. The number of carboxylic acids is 1. The van der Waals surface area contributed by atoms with E-state index in [0.29, 0.717) is 11.4 Å². The zero-order chi connectivity index (χ0) is 16.3. The second-order valence-electron chi connectivity index (χ2n) is 5.05. The summed E-state index contributed by atoms with van der Waals surface area (Å²) in [5, 5.41) is 28.8. The summed E-state index contributed by atoms with van der Waals surface area (Å²) < 4.78 is 16.0. The van der Waals surface area contributed by atoms with E-state index < -0.39 is 43.3 Å². The van der Waals surface area contributed by atoms with Crippen molar-refractivity contribution in [1.29, 1.82) is 0 Å². The highest BCUT2D eigenvalue weighted by atomic mass is 16.7. The van der Waals surface area contributed by atoms with Crippen LogP contribution in [0, 0.1) is 0 Å². The Bertz CT molecular complexity index is 506. The van der Waals surface area contributed by atoms with Gasteiger partial charge in [0, 0.05) is 5.69 Å². The van der Waals surface area contributed by atoms with Gasteiger partial charge in [0.15, 0.2) is 0 Å². The van der Waals surface area contributed by atoms with Crippen molar-refractivity contribution in [2.45, 2.75) is 37.6 Å². The van der Waals surface area contributed by atoms with Crippen LogP contribution in [-0.4, -0.2) is 58.6 Å². The number of anilines is 1. The third-order valence-corrected chi connectivity index (χ3v) is 3.31. The van der Waals surface area contributed by atoms with E-state index in [0.717, 1.165) is 0 Å². The summed E-state index contributed by atoms with van der Waals surface area (Å²) in [6, 6.07) is 6.46. The molecule has 1 fully saturated rings. The van der Waals surface area contributed by atoms with Crippen molar-refractivity contribution >= 4 is 11.7 Å². The van der Waals surface area contributed by atoms with Crippen molar-refractivity contribution in [3.8, 4) is 5.75 Å². The molecule has 0 bridgehead atoms. The summed E-state index contributed by atoms with van der Waals surface area (Å²) in [5.74, 6) is -0.784. The Morgan fingerprint density at radius 1 is 1.27 bits per heavy atom. The second-order valence-corrected chi connectivity index (χ2v) is 5.05. The first-order valence-electron chi connectivity index (χ1n) is 6.75. The van der Waals surface area contributed by atoms with Gasteiger partial charge >= 0.3 is 5.97 Å². The normalized spacial score (nSPS) is 31.7. The Labute approximate surface area is 127 Å². The third kappa shape index (κ3) is 3.86. The highest BCUT2D eigenvalue weighted by molar-refractivity contribution is 5.68. The van der Waals surface area contributed by atoms with Crippen molar-refractivity contribution in [3.05, 3.63) is 24.3 Å². The van der Waals surface area contributed by atoms with Crippen LogP contribution in [0.2, 0.25) is 0 Å². The standard InChI is InChI=1S/C14H19NO7/c1-7-11(18)13(20-6-10(16)17)12(19)14(21-7)22-9-4-2-8(15)3-5-9/h2-5,7,11-14,18-19H,6,15H2,1H3,(H,16,17). The van der Waals surface area contributed by atoms with E-state index in [1.807, 2.05) is 0 Å². The highest BCUT2D eigenvalue weighted by Crippen LogP contribution is 2.26. The average Bonchev–Trinajstić information content (AvgIpc) is 2.46. The summed E-state index contributed by atoms with van der Waals surface area (Å²) >= 11 is 0. The zero-order valence-corrected chi connectivity index (χ0v) is 12.0. The SMILES string of the molecule is CC1OC(Oc2ccc(N)cc2)C(O)C(OCC(=O)O)C1O. The fraction of sp³-hybridized carbons (Fsp3) is 0.500. The minimum Gasteiger partial charge on any atom is -0.480 e. The number of aliphatic hydroxyl groups excluding tert-OH is 2. The monoisotopic (exact) mass is 313 g/mol. The number of nitrogen functional groups attached to an aromatic ring is 1. The van der Waals surface area contributed by atoms with E-state index in [2.05, 4.69) is 0 Å². The van der Waals surface area contributed by atoms with Crippen LogP contribution in [0.3, 0.4) is 0 Å². The molecule has 0 aliphatic carbocycles. The summed E-state index contributed by atoms with van der Waals surface area (Å²) in [7, 11) is 0. The molecule has 1 aromatic rings. The largest absolute Gasteiger partial charge is 0.480 e. The number of benzene rings is 1. The molecule has 2 rings (SSSR count). The van der Waals surface area contributed by atoms with Gasteiger partial charge in [0.1, 0.15) is 30.7 Å². The Hall–Kier alpha value is -1.87. The number of aliphatic hydroxyl groups is 2. The van der Waals surface area contributed by atoms with E-state index >= 15 is 0 Å². The van der Waals surface area contributed by atoms with Crippen molar-refractivity contribution in [2.75, 3.05) is 12.3 Å². The molecule has 5 atom stereocenters. The minimum atomic E-state index is -1.34. The molecule has 0 spiro atoms. The van der Waals surface area contributed by atoms with E-state index in [4.69, 9.17) is 25.1 Å². The van der Waals surface area contributed by atoms with Crippen molar-refractivity contribution in [2.24, 2.45) is 0 Å². The molecule has 8 heteroatoms. The molecular weight excluding hydrogens is 294 g/mol. The molecule has 122 valence electrons. The molecule has 5 unspecified atom stereocenters.